The lowest BCUT2D eigenvalue weighted by Crippen LogP contribution is -2.41. The molecule has 10 heteroatoms. The van der Waals surface area contributed by atoms with Crippen LogP contribution in [-0.4, -0.2) is 55.9 Å². The predicted molar refractivity (Wildman–Crippen MR) is 151 cm³/mol. The molecule has 0 heterocycles. The fraction of sp³-hybridized carbons (Fsp3) is 0.345. The van der Waals surface area contributed by atoms with Gasteiger partial charge in [0.15, 0.2) is 23.0 Å². The van der Waals surface area contributed by atoms with Crippen LogP contribution in [0, 0.1) is 13.8 Å². The Balaban J connectivity index is 1.78. The lowest BCUT2D eigenvalue weighted by molar-refractivity contribution is -0.119. The van der Waals surface area contributed by atoms with Gasteiger partial charge in [-0.3, -0.25) is 9.10 Å². The Hall–Kier alpha value is -3.92. The van der Waals surface area contributed by atoms with E-state index in [1.807, 2.05) is 38.1 Å². The number of aryl methyl sites for hydroxylation is 3. The van der Waals surface area contributed by atoms with E-state index < -0.39 is 15.9 Å². The summed E-state index contributed by atoms with van der Waals surface area (Å²) in [5, 5.41) is 2.85. The Kier molecular flexibility index (Phi) is 10.1. The van der Waals surface area contributed by atoms with Gasteiger partial charge in [0.05, 0.1) is 39.0 Å². The first-order valence-electron chi connectivity index (χ1n) is 12.4. The highest BCUT2D eigenvalue weighted by Crippen LogP contribution is 2.33. The number of hydrogen-bond donors (Lipinski definition) is 1. The van der Waals surface area contributed by atoms with Gasteiger partial charge in [-0.25, -0.2) is 8.42 Å². The Morgan fingerprint density at radius 2 is 1.33 bits per heavy atom. The Labute approximate surface area is 230 Å². The van der Waals surface area contributed by atoms with Crippen molar-refractivity contribution in [3.8, 4) is 23.0 Å². The highest BCUT2D eigenvalue weighted by Gasteiger charge is 2.28. The summed E-state index contributed by atoms with van der Waals surface area (Å²) < 4.78 is 49.9. The van der Waals surface area contributed by atoms with Gasteiger partial charge in [0, 0.05) is 12.6 Å². The molecular weight excluding hydrogens is 520 g/mol. The highest BCUT2D eigenvalue weighted by atomic mass is 32.2. The first-order chi connectivity index (χ1) is 18.6. The van der Waals surface area contributed by atoms with Crippen molar-refractivity contribution < 1.29 is 32.2 Å². The van der Waals surface area contributed by atoms with Gasteiger partial charge < -0.3 is 24.3 Å². The average molecular weight is 557 g/mol. The van der Waals surface area contributed by atoms with E-state index in [2.05, 4.69) is 5.32 Å². The zero-order chi connectivity index (χ0) is 28.6. The van der Waals surface area contributed by atoms with Crippen LogP contribution >= 0.6 is 0 Å². The monoisotopic (exact) mass is 556 g/mol. The molecule has 0 aromatic heterocycles. The number of nitrogens with zero attached hydrogens (tertiary/aromatic N) is 1. The van der Waals surface area contributed by atoms with Crippen molar-refractivity contribution >= 4 is 21.6 Å². The Morgan fingerprint density at radius 1 is 0.769 bits per heavy atom. The predicted octanol–water partition coefficient (Wildman–Crippen LogP) is 4.28. The number of hydrogen-bond acceptors (Lipinski definition) is 7. The topological polar surface area (TPSA) is 103 Å². The Bertz CT molecular complexity index is 1390. The van der Waals surface area contributed by atoms with Crippen molar-refractivity contribution in [2.45, 2.75) is 31.6 Å². The summed E-state index contributed by atoms with van der Waals surface area (Å²) in [4.78, 5) is 13.0. The molecule has 0 atom stereocenters. The molecule has 0 spiro atoms. The molecule has 3 aromatic rings. The molecule has 210 valence electrons. The van der Waals surface area contributed by atoms with Crippen molar-refractivity contribution in [1.29, 1.82) is 0 Å². The molecule has 39 heavy (non-hydrogen) atoms. The second kappa shape index (κ2) is 13.2. The van der Waals surface area contributed by atoms with E-state index in [1.54, 1.807) is 26.4 Å². The van der Waals surface area contributed by atoms with Crippen LogP contribution < -0.4 is 28.6 Å². The van der Waals surface area contributed by atoms with E-state index in [0.717, 1.165) is 21.0 Å². The third kappa shape index (κ3) is 7.35. The summed E-state index contributed by atoms with van der Waals surface area (Å²) in [6.45, 7) is 3.76. The maximum absolute atomic E-state index is 13.8. The number of amides is 1. The fourth-order valence-corrected chi connectivity index (χ4v) is 5.68. The normalized spacial score (nSPS) is 11.0. The van der Waals surface area contributed by atoms with Gasteiger partial charge in [-0.2, -0.15) is 0 Å². The standard InChI is InChI=1S/C29H36N2O7S/c1-20-14-21(2)16-23(15-20)31(39(33,34)24-10-12-26(36-4)28(18-24)38-6)19-29(32)30-13-7-8-22-9-11-25(35-3)27(17-22)37-5/h9-12,14-18H,7-8,13,19H2,1-6H3,(H,30,32). The molecule has 1 amide bonds. The molecule has 0 bridgehead atoms. The molecule has 3 aromatic carbocycles. The molecule has 1 N–H and O–H groups in total. The molecule has 0 aliphatic heterocycles. The lowest BCUT2D eigenvalue weighted by Gasteiger charge is -2.25. The van der Waals surface area contributed by atoms with Crippen molar-refractivity contribution in [1.82, 2.24) is 5.32 Å². The number of methoxy groups -OCH3 is 4. The Morgan fingerprint density at radius 3 is 1.92 bits per heavy atom. The van der Waals surface area contributed by atoms with Gasteiger partial charge in [0.25, 0.3) is 10.0 Å². The minimum Gasteiger partial charge on any atom is -0.493 e. The molecular formula is C29H36N2O7S. The molecule has 9 nitrogen and oxygen atoms in total. The number of carbonyl (C=O) groups excluding carboxylic acids is 1. The molecule has 0 aliphatic rings. The second-order valence-corrected chi connectivity index (χ2v) is 10.9. The SMILES string of the molecule is COc1ccc(CCCNC(=O)CN(c2cc(C)cc(C)c2)S(=O)(=O)c2ccc(OC)c(OC)c2)cc1OC. The van der Waals surface area contributed by atoms with E-state index in [-0.39, 0.29) is 17.2 Å². The van der Waals surface area contributed by atoms with Gasteiger partial charge in [-0.15, -0.1) is 0 Å². The quantitative estimate of drug-likeness (QED) is 0.314. The summed E-state index contributed by atoms with van der Waals surface area (Å²) >= 11 is 0. The first-order valence-corrected chi connectivity index (χ1v) is 13.9. The van der Waals surface area contributed by atoms with Crippen molar-refractivity contribution in [3.63, 3.8) is 0 Å². The number of anilines is 1. The van der Waals surface area contributed by atoms with E-state index in [4.69, 9.17) is 18.9 Å². The molecule has 3 rings (SSSR count). The lowest BCUT2D eigenvalue weighted by atomic mass is 10.1. The van der Waals surface area contributed by atoms with Gasteiger partial charge in [-0.05, 0) is 79.8 Å². The highest BCUT2D eigenvalue weighted by molar-refractivity contribution is 7.92. The molecule has 0 unspecified atom stereocenters. The fourth-order valence-electron chi connectivity index (χ4n) is 4.26. The van der Waals surface area contributed by atoms with Crippen LogP contribution in [0.4, 0.5) is 5.69 Å². The van der Waals surface area contributed by atoms with Crippen LogP contribution in [0.5, 0.6) is 23.0 Å². The average Bonchev–Trinajstić information content (AvgIpc) is 2.92. The van der Waals surface area contributed by atoms with Crippen LogP contribution in [0.15, 0.2) is 59.5 Å². The van der Waals surface area contributed by atoms with E-state index in [0.29, 0.717) is 42.3 Å². The maximum Gasteiger partial charge on any atom is 0.264 e. The molecule has 0 fully saturated rings. The number of ether oxygens (including phenoxy) is 4. The molecule has 0 aliphatic carbocycles. The van der Waals surface area contributed by atoms with Crippen LogP contribution in [0.2, 0.25) is 0 Å². The van der Waals surface area contributed by atoms with E-state index in [1.165, 1.54) is 32.4 Å². The second-order valence-electron chi connectivity index (χ2n) is 9.02. The van der Waals surface area contributed by atoms with E-state index >= 15 is 0 Å². The molecule has 0 saturated carbocycles. The zero-order valence-corrected chi connectivity index (χ0v) is 24.1. The van der Waals surface area contributed by atoms with Crippen LogP contribution in [-0.2, 0) is 21.2 Å². The van der Waals surface area contributed by atoms with Crippen molar-refractivity contribution in [3.05, 3.63) is 71.3 Å². The summed E-state index contributed by atoms with van der Waals surface area (Å²) in [7, 11) is 1.96. The molecule has 0 saturated heterocycles. The van der Waals surface area contributed by atoms with Crippen LogP contribution in [0.1, 0.15) is 23.1 Å². The zero-order valence-electron chi connectivity index (χ0n) is 23.2. The smallest absolute Gasteiger partial charge is 0.264 e. The minimum absolute atomic E-state index is 0.0134. The number of rotatable bonds is 13. The largest absolute Gasteiger partial charge is 0.493 e. The summed E-state index contributed by atoms with van der Waals surface area (Å²) in [6, 6.07) is 15.5. The van der Waals surface area contributed by atoms with Gasteiger partial charge in [-0.1, -0.05) is 12.1 Å². The third-order valence-electron chi connectivity index (χ3n) is 6.14. The van der Waals surface area contributed by atoms with E-state index in [9.17, 15) is 13.2 Å². The third-order valence-corrected chi connectivity index (χ3v) is 7.91. The minimum atomic E-state index is -4.12. The van der Waals surface area contributed by atoms with Gasteiger partial charge in [0.1, 0.15) is 6.54 Å². The summed E-state index contributed by atoms with van der Waals surface area (Å²) in [6.07, 6.45) is 1.36. The van der Waals surface area contributed by atoms with Gasteiger partial charge >= 0.3 is 0 Å². The van der Waals surface area contributed by atoms with Gasteiger partial charge in [0.2, 0.25) is 5.91 Å². The number of sulfonamides is 1. The van der Waals surface area contributed by atoms with Crippen molar-refractivity contribution in [2.75, 3.05) is 45.8 Å². The van der Waals surface area contributed by atoms with Crippen molar-refractivity contribution in [2.24, 2.45) is 0 Å². The maximum atomic E-state index is 13.8. The summed E-state index contributed by atoms with van der Waals surface area (Å²) in [5.41, 5.74) is 3.21. The summed E-state index contributed by atoms with van der Waals surface area (Å²) in [5.74, 6) is 1.56. The number of nitrogens with one attached hydrogen (secondary N) is 1. The number of carbonyl (C=O) groups is 1. The van der Waals surface area contributed by atoms with Crippen LogP contribution in [0.25, 0.3) is 0 Å². The number of benzene rings is 3. The van der Waals surface area contributed by atoms with Crippen LogP contribution in [0.3, 0.4) is 0 Å². The first kappa shape index (κ1) is 29.6. The molecule has 0 radical (unpaired) electrons.